The highest BCUT2D eigenvalue weighted by molar-refractivity contribution is 7.90. The monoisotopic (exact) mass is 301 g/mol. The van der Waals surface area contributed by atoms with Crippen molar-refractivity contribution in [3.8, 4) is 0 Å². The van der Waals surface area contributed by atoms with Crippen molar-refractivity contribution in [2.45, 2.75) is 30.4 Å². The zero-order valence-corrected chi connectivity index (χ0v) is 11.6. The van der Waals surface area contributed by atoms with Crippen LogP contribution in [0.5, 0.6) is 0 Å². The van der Waals surface area contributed by atoms with Crippen LogP contribution in [0.3, 0.4) is 0 Å². The number of aliphatic carboxylic acids is 1. The Hall–Kier alpha value is -1.83. The van der Waals surface area contributed by atoms with Gasteiger partial charge in [-0.25, -0.2) is 13.2 Å². The molecule has 1 saturated carbocycles. The topological polar surface area (TPSA) is 114 Å². The van der Waals surface area contributed by atoms with Crippen molar-refractivity contribution in [2.24, 2.45) is 5.92 Å². The average molecular weight is 301 g/mol. The fourth-order valence-electron chi connectivity index (χ4n) is 1.78. The van der Waals surface area contributed by atoms with Crippen molar-refractivity contribution in [3.63, 3.8) is 0 Å². The highest BCUT2D eigenvalue weighted by Gasteiger charge is 2.31. The Bertz CT molecular complexity index is 628. The van der Waals surface area contributed by atoms with E-state index < -0.39 is 27.8 Å². The van der Waals surface area contributed by atoms with E-state index in [9.17, 15) is 18.0 Å². The van der Waals surface area contributed by atoms with Crippen LogP contribution in [0.25, 0.3) is 0 Å². The molecule has 20 heavy (non-hydrogen) atoms. The number of sulfone groups is 1. The summed E-state index contributed by atoms with van der Waals surface area (Å²) in [5.41, 5.74) is 0. The number of furan rings is 1. The Morgan fingerprint density at radius 2 is 2.10 bits per heavy atom. The van der Waals surface area contributed by atoms with Gasteiger partial charge in [-0.2, -0.15) is 0 Å². The minimum Gasteiger partial charge on any atom is -0.480 e. The van der Waals surface area contributed by atoms with E-state index in [1.165, 1.54) is 12.1 Å². The molecule has 8 heteroatoms. The Morgan fingerprint density at radius 3 is 2.55 bits per heavy atom. The van der Waals surface area contributed by atoms with Gasteiger partial charge in [0.05, 0.1) is 0 Å². The number of rotatable bonds is 6. The van der Waals surface area contributed by atoms with E-state index in [2.05, 4.69) is 5.32 Å². The van der Waals surface area contributed by atoms with Crippen molar-refractivity contribution < 1.29 is 27.5 Å². The van der Waals surface area contributed by atoms with E-state index in [0.29, 0.717) is 12.3 Å². The molecule has 0 aromatic carbocycles. The normalized spacial score (nSPS) is 16.6. The summed E-state index contributed by atoms with van der Waals surface area (Å²) < 4.78 is 27.4. The first-order valence-corrected chi connectivity index (χ1v) is 8.00. The highest BCUT2D eigenvalue weighted by atomic mass is 32.2. The van der Waals surface area contributed by atoms with Crippen LogP contribution in [0.15, 0.2) is 21.6 Å². The molecule has 1 unspecified atom stereocenters. The van der Waals surface area contributed by atoms with Crippen LogP contribution in [-0.2, 0) is 14.6 Å². The van der Waals surface area contributed by atoms with Gasteiger partial charge < -0.3 is 14.8 Å². The van der Waals surface area contributed by atoms with Gasteiger partial charge in [0, 0.05) is 6.26 Å². The maximum absolute atomic E-state index is 11.8. The first-order valence-electron chi connectivity index (χ1n) is 6.11. The number of carboxylic acids is 1. The molecule has 7 nitrogen and oxygen atoms in total. The molecule has 1 atom stereocenters. The van der Waals surface area contributed by atoms with E-state index in [0.717, 1.165) is 19.1 Å². The molecule has 0 saturated heterocycles. The molecular formula is C12H15NO6S. The number of carbonyl (C=O) groups excluding carboxylic acids is 1. The summed E-state index contributed by atoms with van der Waals surface area (Å²) in [4.78, 5) is 22.9. The number of hydrogen-bond acceptors (Lipinski definition) is 5. The average Bonchev–Trinajstić information content (AvgIpc) is 2.99. The SMILES string of the molecule is CS(=O)(=O)c1ccc(C(=O)NC(CC2CC2)C(=O)O)o1. The molecule has 1 aromatic heterocycles. The van der Waals surface area contributed by atoms with Gasteiger partial charge in [-0.05, 0) is 24.5 Å². The predicted octanol–water partition coefficient (Wildman–Crippen LogP) is 0.666. The van der Waals surface area contributed by atoms with E-state index in [4.69, 9.17) is 9.52 Å². The molecule has 1 heterocycles. The number of amides is 1. The first-order chi connectivity index (χ1) is 9.27. The summed E-state index contributed by atoms with van der Waals surface area (Å²) >= 11 is 0. The van der Waals surface area contributed by atoms with Crippen LogP contribution in [-0.4, -0.2) is 37.7 Å². The lowest BCUT2D eigenvalue weighted by molar-refractivity contribution is -0.139. The molecule has 1 aliphatic rings. The van der Waals surface area contributed by atoms with Gasteiger partial charge in [0.25, 0.3) is 5.91 Å². The molecule has 1 amide bonds. The molecule has 1 fully saturated rings. The largest absolute Gasteiger partial charge is 0.480 e. The first kappa shape index (κ1) is 14.6. The van der Waals surface area contributed by atoms with Crippen LogP contribution in [0.2, 0.25) is 0 Å². The van der Waals surface area contributed by atoms with Crippen molar-refractivity contribution in [1.82, 2.24) is 5.32 Å². The fourth-order valence-corrected chi connectivity index (χ4v) is 2.34. The molecule has 0 radical (unpaired) electrons. The minimum atomic E-state index is -3.53. The van der Waals surface area contributed by atoms with Crippen LogP contribution in [0.1, 0.15) is 29.8 Å². The second-order valence-electron chi connectivity index (χ2n) is 4.93. The van der Waals surface area contributed by atoms with E-state index in [1.807, 2.05) is 0 Å². The molecule has 2 rings (SSSR count). The summed E-state index contributed by atoms with van der Waals surface area (Å²) in [7, 11) is -3.53. The van der Waals surface area contributed by atoms with Gasteiger partial charge in [0.15, 0.2) is 5.76 Å². The highest BCUT2D eigenvalue weighted by Crippen LogP contribution is 2.33. The Balaban J connectivity index is 2.06. The summed E-state index contributed by atoms with van der Waals surface area (Å²) in [5.74, 6) is -1.72. The smallest absolute Gasteiger partial charge is 0.326 e. The van der Waals surface area contributed by atoms with Gasteiger partial charge >= 0.3 is 5.97 Å². The maximum atomic E-state index is 11.8. The molecule has 0 bridgehead atoms. The Morgan fingerprint density at radius 1 is 1.45 bits per heavy atom. The third kappa shape index (κ3) is 3.60. The lowest BCUT2D eigenvalue weighted by Crippen LogP contribution is -2.41. The van der Waals surface area contributed by atoms with Crippen LogP contribution < -0.4 is 5.32 Å². The second-order valence-corrected chi connectivity index (χ2v) is 6.88. The van der Waals surface area contributed by atoms with Crippen LogP contribution in [0.4, 0.5) is 0 Å². The van der Waals surface area contributed by atoms with Gasteiger partial charge in [-0.15, -0.1) is 0 Å². The Labute approximate surface area is 115 Å². The predicted molar refractivity (Wildman–Crippen MR) is 68.0 cm³/mol. The van der Waals surface area contributed by atoms with Gasteiger partial charge in [0.1, 0.15) is 6.04 Å². The fraction of sp³-hybridized carbons (Fsp3) is 0.500. The molecule has 1 aromatic rings. The molecule has 0 aliphatic heterocycles. The summed E-state index contributed by atoms with van der Waals surface area (Å²) in [6, 6.07) is 1.39. The van der Waals surface area contributed by atoms with Crippen LogP contribution in [0, 0.1) is 5.92 Å². The number of carboxylic acid groups (broad SMARTS) is 1. The molecular weight excluding hydrogens is 286 g/mol. The van der Waals surface area contributed by atoms with Crippen LogP contribution >= 0.6 is 0 Å². The zero-order chi connectivity index (χ0) is 14.9. The summed E-state index contributed by atoms with van der Waals surface area (Å²) in [6.45, 7) is 0. The lowest BCUT2D eigenvalue weighted by atomic mass is 10.1. The number of hydrogen-bond donors (Lipinski definition) is 2. The molecule has 1 aliphatic carbocycles. The van der Waals surface area contributed by atoms with E-state index in [1.54, 1.807) is 0 Å². The number of carbonyl (C=O) groups is 2. The summed E-state index contributed by atoms with van der Waals surface area (Å²) in [6.07, 6.45) is 3.28. The third-order valence-corrected chi connectivity index (χ3v) is 3.99. The minimum absolute atomic E-state index is 0.215. The van der Waals surface area contributed by atoms with Crippen molar-refractivity contribution in [2.75, 3.05) is 6.26 Å². The lowest BCUT2D eigenvalue weighted by Gasteiger charge is -2.12. The van der Waals surface area contributed by atoms with Crippen molar-refractivity contribution in [1.29, 1.82) is 0 Å². The molecule has 0 spiro atoms. The third-order valence-electron chi connectivity index (χ3n) is 3.04. The summed E-state index contributed by atoms with van der Waals surface area (Å²) in [5, 5.41) is 11.1. The van der Waals surface area contributed by atoms with Gasteiger partial charge in [-0.1, -0.05) is 12.8 Å². The second kappa shape index (κ2) is 5.28. The van der Waals surface area contributed by atoms with E-state index >= 15 is 0 Å². The zero-order valence-electron chi connectivity index (χ0n) is 10.8. The van der Waals surface area contributed by atoms with E-state index in [-0.39, 0.29) is 10.9 Å². The maximum Gasteiger partial charge on any atom is 0.326 e. The molecule has 110 valence electrons. The number of nitrogens with one attached hydrogen (secondary N) is 1. The van der Waals surface area contributed by atoms with Crippen molar-refractivity contribution >= 4 is 21.7 Å². The quantitative estimate of drug-likeness (QED) is 0.798. The van der Waals surface area contributed by atoms with Gasteiger partial charge in [-0.3, -0.25) is 4.79 Å². The van der Waals surface area contributed by atoms with Crippen molar-refractivity contribution in [3.05, 3.63) is 17.9 Å². The van der Waals surface area contributed by atoms with Gasteiger partial charge in [0.2, 0.25) is 14.9 Å². The standard InChI is InChI=1S/C12H15NO6S/c1-20(17,18)10-5-4-9(19-10)11(14)13-8(12(15)16)6-7-2-3-7/h4-5,7-8H,2-3,6H2,1H3,(H,13,14)(H,15,16). The molecule has 2 N–H and O–H groups in total. The Kier molecular flexibility index (Phi) is 3.85.